The maximum atomic E-state index is 12.2. The van der Waals surface area contributed by atoms with Crippen molar-refractivity contribution in [3.8, 4) is 11.5 Å². The molecule has 1 amide bonds. The van der Waals surface area contributed by atoms with E-state index in [4.69, 9.17) is 9.47 Å². The van der Waals surface area contributed by atoms with Gasteiger partial charge in [-0.1, -0.05) is 18.2 Å². The second-order valence-electron chi connectivity index (χ2n) is 5.21. The Morgan fingerprint density at radius 2 is 1.77 bits per heavy atom. The molecule has 0 atom stereocenters. The molecule has 22 heavy (non-hydrogen) atoms. The van der Waals surface area contributed by atoms with Crippen LogP contribution in [-0.2, 0) is 11.2 Å². The molecule has 116 valence electrons. The molecular weight excluding hydrogens is 278 g/mol. The number of carbonyl (C=O) groups excluding carboxylic acids is 1. The van der Waals surface area contributed by atoms with Gasteiger partial charge in [0, 0.05) is 6.07 Å². The first kappa shape index (κ1) is 15.9. The third kappa shape index (κ3) is 3.79. The van der Waals surface area contributed by atoms with Gasteiger partial charge in [-0.05, 0) is 42.7 Å². The Morgan fingerprint density at radius 1 is 1.00 bits per heavy atom. The summed E-state index contributed by atoms with van der Waals surface area (Å²) >= 11 is 0. The lowest BCUT2D eigenvalue weighted by molar-refractivity contribution is -0.115. The Labute approximate surface area is 131 Å². The number of hydrogen-bond acceptors (Lipinski definition) is 3. The van der Waals surface area contributed by atoms with Crippen LogP contribution in [-0.4, -0.2) is 20.1 Å². The van der Waals surface area contributed by atoms with E-state index in [1.165, 1.54) is 11.1 Å². The third-order valence-electron chi connectivity index (χ3n) is 3.62. The van der Waals surface area contributed by atoms with Crippen LogP contribution in [0.5, 0.6) is 11.5 Å². The molecule has 0 saturated heterocycles. The third-order valence-corrected chi connectivity index (χ3v) is 3.62. The molecule has 0 unspecified atom stereocenters. The Kier molecular flexibility index (Phi) is 5.04. The van der Waals surface area contributed by atoms with Crippen LogP contribution in [0.2, 0.25) is 0 Å². The lowest BCUT2D eigenvalue weighted by atomic mass is 10.0. The quantitative estimate of drug-likeness (QED) is 0.919. The smallest absolute Gasteiger partial charge is 0.228 e. The Balaban J connectivity index is 2.10. The molecule has 2 rings (SSSR count). The van der Waals surface area contributed by atoms with Crippen molar-refractivity contribution >= 4 is 11.6 Å². The molecule has 0 bridgehead atoms. The summed E-state index contributed by atoms with van der Waals surface area (Å²) in [4.78, 5) is 12.2. The molecule has 0 saturated carbocycles. The molecule has 0 radical (unpaired) electrons. The number of methoxy groups -OCH3 is 2. The van der Waals surface area contributed by atoms with Gasteiger partial charge in [-0.25, -0.2) is 0 Å². The fourth-order valence-electron chi connectivity index (χ4n) is 2.20. The average molecular weight is 299 g/mol. The van der Waals surface area contributed by atoms with Crippen LogP contribution in [0.25, 0.3) is 0 Å². The van der Waals surface area contributed by atoms with Gasteiger partial charge >= 0.3 is 0 Å². The van der Waals surface area contributed by atoms with Crippen LogP contribution in [0.15, 0.2) is 36.4 Å². The number of ether oxygens (including phenoxy) is 2. The second kappa shape index (κ2) is 6.98. The van der Waals surface area contributed by atoms with Crippen molar-refractivity contribution in [1.29, 1.82) is 0 Å². The van der Waals surface area contributed by atoms with Gasteiger partial charge in [0.05, 0.1) is 26.3 Å². The highest BCUT2D eigenvalue weighted by molar-refractivity contribution is 5.93. The molecular formula is C18H21NO3. The van der Waals surface area contributed by atoms with Crippen LogP contribution >= 0.6 is 0 Å². The molecule has 1 N–H and O–H groups in total. The fourth-order valence-corrected chi connectivity index (χ4v) is 2.20. The number of anilines is 1. The van der Waals surface area contributed by atoms with E-state index < -0.39 is 0 Å². The molecule has 0 aliphatic heterocycles. The van der Waals surface area contributed by atoms with Gasteiger partial charge in [0.25, 0.3) is 0 Å². The summed E-state index contributed by atoms with van der Waals surface area (Å²) in [5.74, 6) is 1.18. The number of carbonyl (C=O) groups is 1. The summed E-state index contributed by atoms with van der Waals surface area (Å²) in [7, 11) is 3.15. The van der Waals surface area contributed by atoms with E-state index in [1.807, 2.05) is 25.1 Å². The molecule has 4 nitrogen and oxygen atoms in total. The van der Waals surface area contributed by atoms with Crippen molar-refractivity contribution in [3.05, 3.63) is 53.1 Å². The molecule has 2 aromatic carbocycles. The first-order valence-electron chi connectivity index (χ1n) is 7.11. The number of nitrogens with one attached hydrogen (secondary N) is 1. The second-order valence-corrected chi connectivity index (χ2v) is 5.21. The average Bonchev–Trinajstić information content (AvgIpc) is 2.51. The number of amides is 1. The predicted molar refractivity (Wildman–Crippen MR) is 87.8 cm³/mol. The monoisotopic (exact) mass is 299 g/mol. The van der Waals surface area contributed by atoms with E-state index in [0.717, 1.165) is 5.56 Å². The van der Waals surface area contributed by atoms with Gasteiger partial charge in [0.2, 0.25) is 5.91 Å². The standard InChI is InChI=1S/C18H21NO3/c1-12-5-6-14(9-13(12)2)10-18(20)19-16-8-7-15(21-3)11-17(16)22-4/h5-9,11H,10H2,1-4H3,(H,19,20). The summed E-state index contributed by atoms with van der Waals surface area (Å²) in [5.41, 5.74) is 4.04. The zero-order chi connectivity index (χ0) is 16.1. The molecule has 2 aromatic rings. The van der Waals surface area contributed by atoms with Crippen molar-refractivity contribution in [1.82, 2.24) is 0 Å². The van der Waals surface area contributed by atoms with Crippen LogP contribution in [0.4, 0.5) is 5.69 Å². The largest absolute Gasteiger partial charge is 0.497 e. The van der Waals surface area contributed by atoms with Crippen molar-refractivity contribution in [3.63, 3.8) is 0 Å². The topological polar surface area (TPSA) is 47.6 Å². The Hall–Kier alpha value is -2.49. The summed E-state index contributed by atoms with van der Waals surface area (Å²) in [6.45, 7) is 4.10. The molecule has 0 aromatic heterocycles. The summed E-state index contributed by atoms with van der Waals surface area (Å²) < 4.78 is 10.4. The summed E-state index contributed by atoms with van der Waals surface area (Å²) in [6, 6.07) is 11.4. The Bertz CT molecular complexity index is 680. The lowest BCUT2D eigenvalue weighted by Crippen LogP contribution is -2.15. The van der Waals surface area contributed by atoms with Crippen molar-refractivity contribution in [2.24, 2.45) is 0 Å². The maximum absolute atomic E-state index is 12.2. The molecule has 0 aliphatic carbocycles. The van der Waals surface area contributed by atoms with Gasteiger partial charge in [-0.3, -0.25) is 4.79 Å². The van der Waals surface area contributed by atoms with Gasteiger partial charge in [0.15, 0.2) is 0 Å². The van der Waals surface area contributed by atoms with Gasteiger partial charge < -0.3 is 14.8 Å². The highest BCUT2D eigenvalue weighted by Crippen LogP contribution is 2.29. The van der Waals surface area contributed by atoms with Crippen molar-refractivity contribution < 1.29 is 14.3 Å². The van der Waals surface area contributed by atoms with E-state index in [-0.39, 0.29) is 5.91 Å². The van der Waals surface area contributed by atoms with E-state index in [9.17, 15) is 4.79 Å². The summed E-state index contributed by atoms with van der Waals surface area (Å²) in [6.07, 6.45) is 0.330. The molecule has 0 fully saturated rings. The Morgan fingerprint density at radius 3 is 2.41 bits per heavy atom. The maximum Gasteiger partial charge on any atom is 0.228 e. The zero-order valence-electron chi connectivity index (χ0n) is 13.4. The van der Waals surface area contributed by atoms with E-state index in [1.54, 1.807) is 32.4 Å². The molecule has 0 heterocycles. The highest BCUT2D eigenvalue weighted by Gasteiger charge is 2.10. The van der Waals surface area contributed by atoms with Crippen LogP contribution in [0.1, 0.15) is 16.7 Å². The zero-order valence-corrected chi connectivity index (χ0v) is 13.4. The van der Waals surface area contributed by atoms with Gasteiger partial charge in [-0.15, -0.1) is 0 Å². The minimum atomic E-state index is -0.0771. The number of rotatable bonds is 5. The molecule has 0 aliphatic rings. The summed E-state index contributed by atoms with van der Waals surface area (Å²) in [5, 5.41) is 2.88. The van der Waals surface area contributed by atoms with Crippen molar-refractivity contribution in [2.45, 2.75) is 20.3 Å². The first-order chi connectivity index (χ1) is 10.5. The minimum absolute atomic E-state index is 0.0771. The van der Waals surface area contributed by atoms with E-state index >= 15 is 0 Å². The normalized spacial score (nSPS) is 10.2. The molecule has 0 spiro atoms. The predicted octanol–water partition coefficient (Wildman–Crippen LogP) is 3.50. The van der Waals surface area contributed by atoms with Crippen molar-refractivity contribution in [2.75, 3.05) is 19.5 Å². The molecule has 4 heteroatoms. The lowest BCUT2D eigenvalue weighted by Gasteiger charge is -2.12. The van der Waals surface area contributed by atoms with E-state index in [0.29, 0.717) is 23.6 Å². The van der Waals surface area contributed by atoms with E-state index in [2.05, 4.69) is 12.2 Å². The number of aryl methyl sites for hydroxylation is 2. The first-order valence-corrected chi connectivity index (χ1v) is 7.11. The highest BCUT2D eigenvalue weighted by atomic mass is 16.5. The number of hydrogen-bond donors (Lipinski definition) is 1. The SMILES string of the molecule is COc1ccc(NC(=O)Cc2ccc(C)c(C)c2)c(OC)c1. The fraction of sp³-hybridized carbons (Fsp3) is 0.278. The van der Waals surface area contributed by atoms with Crippen LogP contribution < -0.4 is 14.8 Å². The van der Waals surface area contributed by atoms with Gasteiger partial charge in [0.1, 0.15) is 11.5 Å². The van der Waals surface area contributed by atoms with Crippen LogP contribution in [0.3, 0.4) is 0 Å². The number of benzene rings is 2. The van der Waals surface area contributed by atoms with Gasteiger partial charge in [-0.2, -0.15) is 0 Å². The van der Waals surface area contributed by atoms with Crippen LogP contribution in [0, 0.1) is 13.8 Å². The minimum Gasteiger partial charge on any atom is -0.497 e.